The Morgan fingerprint density at radius 2 is 2.17 bits per heavy atom. The molecule has 0 radical (unpaired) electrons. The predicted octanol–water partition coefficient (Wildman–Crippen LogP) is -0.141. The lowest BCUT2D eigenvalue weighted by Crippen LogP contribution is -2.59. The zero-order chi connectivity index (χ0) is 13.8. The maximum atomic E-state index is 12.2. The smallest absolute Gasteiger partial charge is 0.328 e. The summed E-state index contributed by atoms with van der Waals surface area (Å²) >= 11 is 0. The molecule has 0 aliphatic carbocycles. The summed E-state index contributed by atoms with van der Waals surface area (Å²) < 4.78 is 0. The minimum absolute atomic E-state index is 0.324. The summed E-state index contributed by atoms with van der Waals surface area (Å²) in [5.74, 6) is -1.54. The van der Waals surface area contributed by atoms with Gasteiger partial charge < -0.3 is 20.8 Å². The molecule has 3 atom stereocenters. The number of carboxylic acids is 1. The van der Waals surface area contributed by atoms with Gasteiger partial charge in [0.15, 0.2) is 6.04 Å². The molecule has 1 amide bonds. The van der Waals surface area contributed by atoms with Crippen LogP contribution in [0.1, 0.15) is 39.5 Å². The van der Waals surface area contributed by atoms with Crippen LogP contribution >= 0.6 is 0 Å². The summed E-state index contributed by atoms with van der Waals surface area (Å²) in [7, 11) is 0. The van der Waals surface area contributed by atoms with Crippen LogP contribution in [0.2, 0.25) is 0 Å². The summed E-state index contributed by atoms with van der Waals surface area (Å²) in [6.07, 6.45) is 2.00. The minimum atomic E-state index is -1.26. The van der Waals surface area contributed by atoms with E-state index < -0.39 is 23.7 Å². The predicted molar refractivity (Wildman–Crippen MR) is 66.1 cm³/mol. The lowest BCUT2D eigenvalue weighted by atomic mass is 9.90. The largest absolute Gasteiger partial charge is 0.480 e. The summed E-state index contributed by atoms with van der Waals surface area (Å²) in [6, 6.07) is -1.26. The second kappa shape index (κ2) is 6.15. The number of aliphatic carboxylic acids is 1. The number of amides is 1. The molecular weight excluding hydrogens is 236 g/mol. The van der Waals surface area contributed by atoms with Gasteiger partial charge in [-0.15, -0.1) is 0 Å². The molecule has 0 spiro atoms. The average molecular weight is 258 g/mol. The summed E-state index contributed by atoms with van der Waals surface area (Å²) in [5, 5.41) is 23.9. The molecule has 18 heavy (non-hydrogen) atoms. The van der Waals surface area contributed by atoms with Crippen LogP contribution in [0.25, 0.3) is 0 Å². The van der Waals surface area contributed by atoms with Crippen molar-refractivity contribution in [1.82, 2.24) is 10.6 Å². The highest BCUT2D eigenvalue weighted by atomic mass is 16.4. The minimum Gasteiger partial charge on any atom is -0.480 e. The van der Waals surface area contributed by atoms with Crippen LogP contribution in [0.5, 0.6) is 0 Å². The molecule has 1 rings (SSSR count). The first-order valence-corrected chi connectivity index (χ1v) is 6.40. The van der Waals surface area contributed by atoms with E-state index in [0.717, 1.165) is 19.4 Å². The number of aliphatic hydroxyl groups is 1. The van der Waals surface area contributed by atoms with Crippen molar-refractivity contribution in [2.75, 3.05) is 6.54 Å². The van der Waals surface area contributed by atoms with Gasteiger partial charge in [-0.25, -0.2) is 4.79 Å². The molecule has 1 aliphatic heterocycles. The summed E-state index contributed by atoms with van der Waals surface area (Å²) in [5.41, 5.74) is -0.669. The van der Waals surface area contributed by atoms with Crippen LogP contribution in [0, 0.1) is 0 Å². The van der Waals surface area contributed by atoms with Crippen molar-refractivity contribution in [1.29, 1.82) is 0 Å². The molecule has 1 fully saturated rings. The molecule has 4 N–H and O–H groups in total. The lowest BCUT2D eigenvalue weighted by molar-refractivity contribution is -0.146. The molecule has 6 heteroatoms. The maximum absolute atomic E-state index is 12.2. The highest BCUT2D eigenvalue weighted by Crippen LogP contribution is 2.25. The molecule has 0 bridgehead atoms. The third-order valence-corrected chi connectivity index (χ3v) is 3.39. The third kappa shape index (κ3) is 3.20. The van der Waals surface area contributed by atoms with Crippen molar-refractivity contribution in [2.45, 2.75) is 57.2 Å². The van der Waals surface area contributed by atoms with Gasteiger partial charge in [0.05, 0.1) is 11.6 Å². The standard InChI is InChI=1S/C12H22N2O4/c1-3-5-12(6-4-7-13-12)11(18)14-9(8(2)15)10(16)17/h8-9,13,15H,3-7H2,1-2H3,(H,14,18)(H,16,17). The van der Waals surface area contributed by atoms with Gasteiger partial charge in [-0.05, 0) is 32.7 Å². The van der Waals surface area contributed by atoms with Gasteiger partial charge in [0.25, 0.3) is 0 Å². The van der Waals surface area contributed by atoms with E-state index in [-0.39, 0.29) is 5.91 Å². The first kappa shape index (κ1) is 14.9. The van der Waals surface area contributed by atoms with Gasteiger partial charge in [0, 0.05) is 0 Å². The highest BCUT2D eigenvalue weighted by molar-refractivity contribution is 5.90. The number of hydrogen-bond donors (Lipinski definition) is 4. The zero-order valence-corrected chi connectivity index (χ0v) is 10.9. The van der Waals surface area contributed by atoms with E-state index in [9.17, 15) is 14.7 Å². The fourth-order valence-electron chi connectivity index (χ4n) is 2.42. The van der Waals surface area contributed by atoms with E-state index in [1.807, 2.05) is 6.92 Å². The van der Waals surface area contributed by atoms with E-state index in [0.29, 0.717) is 12.8 Å². The zero-order valence-electron chi connectivity index (χ0n) is 10.9. The molecule has 0 aromatic rings. The highest BCUT2D eigenvalue weighted by Gasteiger charge is 2.41. The number of carbonyl (C=O) groups excluding carboxylic acids is 1. The molecule has 0 aromatic heterocycles. The molecule has 6 nitrogen and oxygen atoms in total. The van der Waals surface area contributed by atoms with E-state index >= 15 is 0 Å². The number of nitrogens with one attached hydrogen (secondary N) is 2. The second-order valence-corrected chi connectivity index (χ2v) is 4.89. The Morgan fingerprint density at radius 1 is 1.50 bits per heavy atom. The van der Waals surface area contributed by atoms with Crippen molar-refractivity contribution in [3.8, 4) is 0 Å². The van der Waals surface area contributed by atoms with Crippen LogP contribution in [0.4, 0.5) is 0 Å². The van der Waals surface area contributed by atoms with Gasteiger partial charge in [-0.2, -0.15) is 0 Å². The van der Waals surface area contributed by atoms with E-state index in [1.165, 1.54) is 6.92 Å². The van der Waals surface area contributed by atoms with Crippen molar-refractivity contribution < 1.29 is 19.8 Å². The van der Waals surface area contributed by atoms with Crippen LogP contribution < -0.4 is 10.6 Å². The van der Waals surface area contributed by atoms with E-state index in [1.54, 1.807) is 0 Å². The fraction of sp³-hybridized carbons (Fsp3) is 0.833. The Labute approximate surface area is 107 Å². The second-order valence-electron chi connectivity index (χ2n) is 4.89. The number of carbonyl (C=O) groups is 2. The van der Waals surface area contributed by atoms with Gasteiger partial charge in [0.1, 0.15) is 0 Å². The normalized spacial score (nSPS) is 26.6. The summed E-state index contributed by atoms with van der Waals surface area (Å²) in [4.78, 5) is 23.2. The molecule has 0 aromatic carbocycles. The number of carboxylic acid groups (broad SMARTS) is 1. The Hall–Kier alpha value is -1.14. The Bertz CT molecular complexity index is 311. The Morgan fingerprint density at radius 3 is 2.56 bits per heavy atom. The molecule has 0 saturated carbocycles. The van der Waals surface area contributed by atoms with Crippen LogP contribution in [0.3, 0.4) is 0 Å². The quantitative estimate of drug-likeness (QED) is 0.531. The van der Waals surface area contributed by atoms with Gasteiger partial charge in [-0.1, -0.05) is 13.3 Å². The molecule has 3 unspecified atom stereocenters. The Kier molecular flexibility index (Phi) is 5.10. The van der Waals surface area contributed by atoms with E-state index in [2.05, 4.69) is 10.6 Å². The fourth-order valence-corrected chi connectivity index (χ4v) is 2.42. The van der Waals surface area contributed by atoms with Crippen molar-refractivity contribution in [3.05, 3.63) is 0 Å². The molecule has 1 heterocycles. The van der Waals surface area contributed by atoms with Crippen LogP contribution in [-0.2, 0) is 9.59 Å². The first-order valence-electron chi connectivity index (χ1n) is 6.40. The SMILES string of the molecule is CCCC1(C(=O)NC(C(=O)O)C(C)O)CCCN1. The molecular formula is C12H22N2O4. The van der Waals surface area contributed by atoms with Crippen molar-refractivity contribution in [3.63, 3.8) is 0 Å². The number of hydrogen-bond acceptors (Lipinski definition) is 4. The van der Waals surface area contributed by atoms with Gasteiger partial charge in [-0.3, -0.25) is 4.79 Å². The van der Waals surface area contributed by atoms with E-state index in [4.69, 9.17) is 5.11 Å². The number of rotatable bonds is 6. The molecule has 104 valence electrons. The Balaban J connectivity index is 2.75. The third-order valence-electron chi connectivity index (χ3n) is 3.39. The maximum Gasteiger partial charge on any atom is 0.328 e. The van der Waals surface area contributed by atoms with Crippen molar-refractivity contribution in [2.24, 2.45) is 0 Å². The lowest BCUT2D eigenvalue weighted by Gasteiger charge is -2.30. The summed E-state index contributed by atoms with van der Waals surface area (Å²) in [6.45, 7) is 4.10. The van der Waals surface area contributed by atoms with Gasteiger partial charge >= 0.3 is 5.97 Å². The first-order chi connectivity index (χ1) is 8.43. The monoisotopic (exact) mass is 258 g/mol. The van der Waals surface area contributed by atoms with Crippen LogP contribution in [-0.4, -0.2) is 46.3 Å². The van der Waals surface area contributed by atoms with Crippen molar-refractivity contribution >= 4 is 11.9 Å². The molecule has 1 aliphatic rings. The topological polar surface area (TPSA) is 98.7 Å². The van der Waals surface area contributed by atoms with Gasteiger partial charge in [0.2, 0.25) is 5.91 Å². The van der Waals surface area contributed by atoms with Crippen LogP contribution in [0.15, 0.2) is 0 Å². The average Bonchev–Trinajstić information content (AvgIpc) is 2.75. The number of aliphatic hydroxyl groups excluding tert-OH is 1. The molecule has 1 saturated heterocycles.